The van der Waals surface area contributed by atoms with E-state index in [4.69, 9.17) is 34.8 Å². The molecular weight excluding hydrogens is 499 g/mol. The van der Waals surface area contributed by atoms with Crippen molar-refractivity contribution in [3.63, 3.8) is 0 Å². The van der Waals surface area contributed by atoms with Crippen molar-refractivity contribution in [2.45, 2.75) is 10.7 Å². The van der Waals surface area contributed by atoms with Crippen molar-refractivity contribution in [1.82, 2.24) is 13.2 Å². The number of nitrogens with one attached hydrogen (secondary N) is 1. The molecule has 0 aliphatic carbocycles. The number of hydrazine groups is 1. The molecule has 0 fully saturated rings. The Morgan fingerprint density at radius 3 is 2.56 bits per heavy atom. The normalized spacial score (nSPS) is 11.9. The van der Waals surface area contributed by atoms with Gasteiger partial charge in [-0.25, -0.2) is 9.99 Å². The number of carbonyl (C=O) groups excluding carboxylic acids is 1. The van der Waals surface area contributed by atoms with Gasteiger partial charge in [-0.15, -0.1) is 0 Å². The maximum absolute atomic E-state index is 12.7. The predicted molar refractivity (Wildman–Crippen MR) is 107 cm³/mol. The lowest BCUT2D eigenvalue weighted by molar-refractivity contribution is -0.115. The van der Waals surface area contributed by atoms with Gasteiger partial charge in [-0.2, -0.15) is 8.90 Å². The van der Waals surface area contributed by atoms with Crippen molar-refractivity contribution in [3.8, 4) is 11.8 Å². The van der Waals surface area contributed by atoms with E-state index in [1.165, 1.54) is 6.20 Å². The zero-order valence-electron chi connectivity index (χ0n) is 12.8. The number of carbonyl (C=O) groups is 1. The van der Waals surface area contributed by atoms with Gasteiger partial charge in [0.2, 0.25) is 3.79 Å². The molecule has 10 heteroatoms. The van der Waals surface area contributed by atoms with Crippen LogP contribution in [0.2, 0.25) is 0 Å². The van der Waals surface area contributed by atoms with E-state index in [1.54, 1.807) is 40.4 Å². The molecule has 0 radical (unpaired) electrons. The highest BCUT2D eigenvalue weighted by Crippen LogP contribution is 2.30. The number of nitriles is 1. The summed E-state index contributed by atoms with van der Waals surface area (Å²) in [6.45, 7) is 1.80. The molecule has 0 aliphatic heterocycles. The summed E-state index contributed by atoms with van der Waals surface area (Å²) >= 11 is 18.8. The summed E-state index contributed by atoms with van der Waals surface area (Å²) in [6.07, 6.45) is 2.48. The summed E-state index contributed by atoms with van der Waals surface area (Å²) in [6, 6.07) is 11.1. The molecule has 2 aromatic rings. The molecule has 6 nitrogen and oxygen atoms in total. The number of amides is 1. The van der Waals surface area contributed by atoms with Gasteiger partial charge in [0.1, 0.15) is 17.5 Å². The molecule has 1 N–H and O–H groups in total. The summed E-state index contributed by atoms with van der Waals surface area (Å²) < 4.78 is 2.60. The maximum Gasteiger partial charge on any atom is 0.285 e. The van der Waals surface area contributed by atoms with Crippen molar-refractivity contribution in [2.75, 3.05) is 5.01 Å². The van der Waals surface area contributed by atoms with Crippen molar-refractivity contribution in [3.05, 3.63) is 54.0 Å². The second-order valence-electron chi connectivity index (χ2n) is 4.77. The number of imidazole rings is 1. The van der Waals surface area contributed by atoms with E-state index in [0.717, 1.165) is 16.8 Å². The number of alkyl halides is 3. The number of aryl methyl sites for hydroxylation is 1. The first kappa shape index (κ1) is 20.0. The van der Waals surface area contributed by atoms with E-state index in [-0.39, 0.29) is 5.57 Å². The van der Waals surface area contributed by atoms with Gasteiger partial charge in [-0.3, -0.25) is 9.36 Å². The fourth-order valence-electron chi connectivity index (χ4n) is 2.10. The number of aromatic nitrogens is 2. The van der Waals surface area contributed by atoms with E-state index in [9.17, 15) is 10.1 Å². The highest BCUT2D eigenvalue weighted by atomic mass is 127. The Hall–Kier alpha value is -1.31. The van der Waals surface area contributed by atoms with Crippen LogP contribution in [-0.4, -0.2) is 19.3 Å². The van der Waals surface area contributed by atoms with Crippen LogP contribution >= 0.6 is 57.7 Å². The van der Waals surface area contributed by atoms with Gasteiger partial charge >= 0.3 is 0 Å². The third-order valence-corrected chi connectivity index (χ3v) is 3.92. The van der Waals surface area contributed by atoms with Crippen molar-refractivity contribution in [1.29, 1.82) is 5.26 Å². The van der Waals surface area contributed by atoms with Crippen LogP contribution in [0.4, 0.5) is 5.82 Å². The van der Waals surface area contributed by atoms with Gasteiger partial charge in [0.05, 0.1) is 6.20 Å². The van der Waals surface area contributed by atoms with Crippen LogP contribution < -0.4 is 8.65 Å². The van der Waals surface area contributed by atoms with Crippen LogP contribution in [0.3, 0.4) is 0 Å². The summed E-state index contributed by atoms with van der Waals surface area (Å²) in [4.78, 5) is 17.0. The standard InChI is InChI=1S/C15H11Cl3IN5O/c1-10-21-9-13(23(10)12-5-3-2-4-6-12)24(22-19)14(25)11(8-20)7-15(16,17)18/h2-7,9,22H,1H3. The molecule has 1 aromatic heterocycles. The number of nitrogens with zero attached hydrogens (tertiary/aromatic N) is 4. The number of anilines is 1. The molecule has 25 heavy (non-hydrogen) atoms. The van der Waals surface area contributed by atoms with E-state index in [0.29, 0.717) is 11.6 Å². The first-order valence-electron chi connectivity index (χ1n) is 6.78. The summed E-state index contributed by atoms with van der Waals surface area (Å²) in [5, 5.41) is 10.4. The first-order valence-corrected chi connectivity index (χ1v) is 9.00. The van der Waals surface area contributed by atoms with E-state index >= 15 is 0 Å². The number of benzene rings is 1. The zero-order chi connectivity index (χ0) is 18.6. The summed E-state index contributed by atoms with van der Waals surface area (Å²) in [7, 11) is 0. The molecule has 0 saturated heterocycles. The molecular formula is C15H11Cl3IN5O. The van der Waals surface area contributed by atoms with Crippen molar-refractivity contribution >= 4 is 69.4 Å². The Balaban J connectivity index is 2.52. The molecule has 1 heterocycles. The number of hydrogen-bond donors (Lipinski definition) is 1. The van der Waals surface area contributed by atoms with Crippen LogP contribution in [-0.2, 0) is 4.79 Å². The van der Waals surface area contributed by atoms with Crippen LogP contribution in [0.1, 0.15) is 5.82 Å². The number of para-hydroxylation sites is 1. The molecule has 2 rings (SSSR count). The molecule has 0 saturated carbocycles. The Bertz CT molecular complexity index is 839. The Kier molecular flexibility index (Phi) is 6.71. The van der Waals surface area contributed by atoms with Gasteiger partial charge in [-0.1, -0.05) is 53.0 Å². The lowest BCUT2D eigenvalue weighted by Gasteiger charge is -2.21. The summed E-state index contributed by atoms with van der Waals surface area (Å²) in [5.41, 5.74) is 0.489. The third-order valence-electron chi connectivity index (χ3n) is 3.11. The van der Waals surface area contributed by atoms with E-state index < -0.39 is 9.70 Å². The van der Waals surface area contributed by atoms with Gasteiger partial charge in [0.25, 0.3) is 5.91 Å². The minimum absolute atomic E-state index is 0.317. The van der Waals surface area contributed by atoms with E-state index in [2.05, 4.69) is 8.62 Å². The van der Waals surface area contributed by atoms with Crippen LogP contribution in [0.25, 0.3) is 5.69 Å². The van der Waals surface area contributed by atoms with Crippen molar-refractivity contribution in [2.24, 2.45) is 0 Å². The predicted octanol–water partition coefficient (Wildman–Crippen LogP) is 4.19. The smallest absolute Gasteiger partial charge is 0.282 e. The molecule has 1 amide bonds. The average molecular weight is 511 g/mol. The number of allylic oxidation sites excluding steroid dienone is 1. The number of rotatable bonds is 4. The third kappa shape index (κ3) is 4.86. The lowest BCUT2D eigenvalue weighted by atomic mass is 10.2. The number of hydrogen-bond acceptors (Lipinski definition) is 4. The quantitative estimate of drug-likeness (QED) is 0.167. The molecule has 0 unspecified atom stereocenters. The van der Waals surface area contributed by atoms with Crippen LogP contribution in [0.15, 0.2) is 48.2 Å². The molecule has 130 valence electrons. The van der Waals surface area contributed by atoms with Crippen LogP contribution in [0, 0.1) is 18.3 Å². The minimum Gasteiger partial charge on any atom is -0.282 e. The van der Waals surface area contributed by atoms with Gasteiger partial charge in [0, 0.05) is 28.6 Å². The summed E-state index contributed by atoms with van der Waals surface area (Å²) in [5.74, 6) is 0.392. The lowest BCUT2D eigenvalue weighted by Crippen LogP contribution is -2.39. The van der Waals surface area contributed by atoms with Crippen LogP contribution in [0.5, 0.6) is 0 Å². The van der Waals surface area contributed by atoms with E-state index in [1.807, 2.05) is 30.3 Å². The monoisotopic (exact) mass is 509 g/mol. The Labute approximate surface area is 173 Å². The Morgan fingerprint density at radius 1 is 1.40 bits per heavy atom. The second-order valence-corrected chi connectivity index (χ2v) is 7.62. The minimum atomic E-state index is -1.87. The Morgan fingerprint density at radius 2 is 2.04 bits per heavy atom. The molecule has 0 spiro atoms. The fourth-order valence-corrected chi connectivity index (χ4v) is 2.89. The topological polar surface area (TPSA) is 74.0 Å². The fraction of sp³-hybridized carbons (Fsp3) is 0.133. The zero-order valence-corrected chi connectivity index (χ0v) is 17.2. The maximum atomic E-state index is 12.7. The molecule has 0 aliphatic rings. The van der Waals surface area contributed by atoms with Gasteiger partial charge < -0.3 is 0 Å². The molecule has 0 atom stereocenters. The molecule has 0 bridgehead atoms. The molecule has 1 aromatic carbocycles. The highest BCUT2D eigenvalue weighted by molar-refractivity contribution is 14.1. The SMILES string of the molecule is Cc1ncc(N(NI)C(=O)C(C#N)=CC(Cl)(Cl)Cl)n1-c1ccccc1. The largest absolute Gasteiger partial charge is 0.285 e. The first-order chi connectivity index (χ1) is 11.8. The van der Waals surface area contributed by atoms with Gasteiger partial charge in [0.15, 0.2) is 5.82 Å². The number of halogens is 4. The van der Waals surface area contributed by atoms with Crippen molar-refractivity contribution < 1.29 is 4.79 Å². The average Bonchev–Trinajstić information content (AvgIpc) is 2.94. The van der Waals surface area contributed by atoms with Gasteiger partial charge in [-0.05, 0) is 25.1 Å². The second kappa shape index (κ2) is 8.38. The highest BCUT2D eigenvalue weighted by Gasteiger charge is 2.27.